The molecule has 0 saturated carbocycles. The van der Waals surface area contributed by atoms with Crippen LogP contribution in [-0.2, 0) is 14.3 Å². The molecule has 2 atom stereocenters. The molecule has 0 heterocycles. The Hall–Kier alpha value is -2.18. The molecule has 0 saturated heterocycles. The van der Waals surface area contributed by atoms with E-state index in [9.17, 15) is 19.8 Å². The van der Waals surface area contributed by atoms with Crippen LogP contribution in [0.15, 0.2) is 48.6 Å². The molecule has 0 radical (unpaired) electrons. The zero-order chi connectivity index (χ0) is 55.0. The first kappa shape index (κ1) is 73.8. The first-order valence-corrected chi connectivity index (χ1v) is 33.9. The predicted molar refractivity (Wildman–Crippen MR) is 333 cm³/mol. The highest BCUT2D eigenvalue weighted by Gasteiger charge is 2.20. The number of aliphatic hydroxyl groups is 2. The largest absolute Gasteiger partial charge is 0.466 e. The summed E-state index contributed by atoms with van der Waals surface area (Å²) in [6.45, 7) is 4.94. The van der Waals surface area contributed by atoms with Gasteiger partial charge in [0.2, 0.25) is 5.91 Å². The lowest BCUT2D eigenvalue weighted by molar-refractivity contribution is -0.143. The fraction of sp³-hybridized carbons (Fsp3) is 0.857. The van der Waals surface area contributed by atoms with Crippen LogP contribution in [0.2, 0.25) is 0 Å². The molecule has 0 bridgehead atoms. The van der Waals surface area contributed by atoms with Crippen LogP contribution in [0.3, 0.4) is 0 Å². The Bertz CT molecular complexity index is 1270. The summed E-state index contributed by atoms with van der Waals surface area (Å²) < 4.78 is 5.50. The molecule has 6 nitrogen and oxygen atoms in total. The average molecular weight is 1070 g/mol. The highest BCUT2D eigenvalue weighted by molar-refractivity contribution is 5.76. The lowest BCUT2D eigenvalue weighted by Gasteiger charge is -2.22. The fourth-order valence-corrected chi connectivity index (χ4v) is 10.4. The second-order valence-corrected chi connectivity index (χ2v) is 23.1. The van der Waals surface area contributed by atoms with Crippen molar-refractivity contribution in [3.8, 4) is 0 Å². The number of nitrogens with one attached hydrogen (secondary N) is 1. The first-order valence-electron chi connectivity index (χ1n) is 33.9. The molecule has 0 aliphatic heterocycles. The van der Waals surface area contributed by atoms with Crippen molar-refractivity contribution >= 4 is 11.9 Å². The summed E-state index contributed by atoms with van der Waals surface area (Å²) in [5.41, 5.74) is 0. The average Bonchev–Trinajstić information content (AvgIpc) is 3.42. The zero-order valence-electron chi connectivity index (χ0n) is 51.0. The third-order valence-electron chi connectivity index (χ3n) is 15.6. The van der Waals surface area contributed by atoms with E-state index < -0.39 is 12.1 Å². The molecule has 0 aromatic heterocycles. The monoisotopic (exact) mass is 1070 g/mol. The molecule has 3 N–H and O–H groups in total. The molecular weight excluding hydrogens is 935 g/mol. The summed E-state index contributed by atoms with van der Waals surface area (Å²) >= 11 is 0. The third kappa shape index (κ3) is 61.0. The van der Waals surface area contributed by atoms with Crippen molar-refractivity contribution in [3.63, 3.8) is 0 Å². The fourth-order valence-electron chi connectivity index (χ4n) is 10.4. The molecule has 76 heavy (non-hydrogen) atoms. The van der Waals surface area contributed by atoms with Crippen molar-refractivity contribution in [1.29, 1.82) is 0 Å². The SMILES string of the molecule is CCCCC/C=C\C/C=C\CCCCCCCCCCCC(=O)OCCCCCCCCCCC/C=C\C/C=C\CCCCCCCCCCCCCC(=O)NC(CO)C(O)CCCCCCCCCCCCCCC. The number of amides is 1. The third-order valence-corrected chi connectivity index (χ3v) is 15.6. The highest BCUT2D eigenvalue weighted by atomic mass is 16.5. The maximum Gasteiger partial charge on any atom is 0.305 e. The van der Waals surface area contributed by atoms with E-state index in [1.165, 1.54) is 270 Å². The number of unbranched alkanes of at least 4 members (excludes halogenated alkanes) is 44. The van der Waals surface area contributed by atoms with E-state index >= 15 is 0 Å². The van der Waals surface area contributed by atoms with Crippen molar-refractivity contribution in [2.24, 2.45) is 0 Å². The van der Waals surface area contributed by atoms with Crippen molar-refractivity contribution in [1.82, 2.24) is 5.32 Å². The van der Waals surface area contributed by atoms with E-state index in [-0.39, 0.29) is 18.5 Å². The van der Waals surface area contributed by atoms with Crippen molar-refractivity contribution in [2.45, 2.75) is 373 Å². The number of rotatable bonds is 63. The molecule has 6 heteroatoms. The number of hydrogen-bond acceptors (Lipinski definition) is 5. The van der Waals surface area contributed by atoms with E-state index in [0.717, 1.165) is 57.8 Å². The van der Waals surface area contributed by atoms with Gasteiger partial charge in [-0.25, -0.2) is 0 Å². The second kappa shape index (κ2) is 65.3. The number of allylic oxidation sites excluding steroid dienone is 8. The molecule has 0 rings (SSSR count). The van der Waals surface area contributed by atoms with Crippen LogP contribution >= 0.6 is 0 Å². The number of carbonyl (C=O) groups excluding carboxylic acids is 2. The molecule has 0 aliphatic rings. The Morgan fingerprint density at radius 3 is 1.03 bits per heavy atom. The number of carbonyl (C=O) groups is 2. The Morgan fingerprint density at radius 1 is 0.368 bits per heavy atom. The van der Waals surface area contributed by atoms with Crippen LogP contribution in [0.5, 0.6) is 0 Å². The minimum atomic E-state index is -0.666. The first-order chi connectivity index (χ1) is 37.5. The van der Waals surface area contributed by atoms with E-state index in [1.807, 2.05) is 0 Å². The maximum absolute atomic E-state index is 12.5. The minimum absolute atomic E-state index is 0.00688. The van der Waals surface area contributed by atoms with Gasteiger partial charge in [-0.3, -0.25) is 9.59 Å². The molecule has 1 amide bonds. The second-order valence-electron chi connectivity index (χ2n) is 23.1. The van der Waals surface area contributed by atoms with Crippen LogP contribution in [0, 0.1) is 0 Å². The van der Waals surface area contributed by atoms with Crippen molar-refractivity contribution in [2.75, 3.05) is 13.2 Å². The molecule has 446 valence electrons. The summed E-state index contributed by atoms with van der Waals surface area (Å²) in [6, 6.07) is -0.544. The summed E-state index contributed by atoms with van der Waals surface area (Å²) in [6.07, 6.45) is 84.3. The normalized spacial score (nSPS) is 12.8. The lowest BCUT2D eigenvalue weighted by atomic mass is 10.0. The van der Waals surface area contributed by atoms with Crippen LogP contribution in [0.25, 0.3) is 0 Å². The van der Waals surface area contributed by atoms with E-state index in [1.54, 1.807) is 0 Å². The standard InChI is InChI=1S/C70H131NO5/c1-3-5-7-9-11-13-15-17-18-19-29-33-36-40-44-48-52-56-60-64-70(75)76-65-61-57-53-49-45-41-37-34-31-28-26-24-22-20-21-23-25-27-30-32-35-39-43-47-51-55-59-63-69(74)71-67(66-72)68(73)62-58-54-50-46-42-38-16-14-12-10-8-6-4-2/h11,13,17-18,20-21,24,26,67-68,72-73H,3-10,12,14-16,19,22-23,25,27-66H2,1-2H3,(H,71,74)/b13-11-,18-17-,21-20-,26-24-. The molecule has 0 aromatic carbocycles. The lowest BCUT2D eigenvalue weighted by Crippen LogP contribution is -2.45. The molecule has 0 fully saturated rings. The topological polar surface area (TPSA) is 95.9 Å². The van der Waals surface area contributed by atoms with Crippen LogP contribution in [-0.4, -0.2) is 47.4 Å². The Kier molecular flexibility index (Phi) is 63.5. The summed E-state index contributed by atoms with van der Waals surface area (Å²) in [5, 5.41) is 23.3. The van der Waals surface area contributed by atoms with E-state index in [0.29, 0.717) is 25.9 Å². The minimum Gasteiger partial charge on any atom is -0.466 e. The summed E-state index contributed by atoms with van der Waals surface area (Å²) in [4.78, 5) is 24.6. The van der Waals surface area contributed by atoms with Crippen molar-refractivity contribution < 1.29 is 24.5 Å². The Labute approximate surface area is 474 Å². The van der Waals surface area contributed by atoms with Gasteiger partial charge >= 0.3 is 5.97 Å². The zero-order valence-corrected chi connectivity index (χ0v) is 51.0. The van der Waals surface area contributed by atoms with Gasteiger partial charge in [0, 0.05) is 12.8 Å². The number of hydrogen-bond donors (Lipinski definition) is 3. The number of esters is 1. The van der Waals surface area contributed by atoms with Gasteiger partial charge in [-0.15, -0.1) is 0 Å². The molecule has 0 spiro atoms. The van der Waals surface area contributed by atoms with Crippen LogP contribution in [0.1, 0.15) is 361 Å². The van der Waals surface area contributed by atoms with Crippen LogP contribution in [0.4, 0.5) is 0 Å². The van der Waals surface area contributed by atoms with Gasteiger partial charge < -0.3 is 20.3 Å². The maximum atomic E-state index is 12.5. The number of ether oxygens (including phenoxy) is 1. The quantitative estimate of drug-likeness (QED) is 0.0320. The van der Waals surface area contributed by atoms with Gasteiger partial charge in [0.25, 0.3) is 0 Å². The predicted octanol–water partition coefficient (Wildman–Crippen LogP) is 21.7. The van der Waals surface area contributed by atoms with Gasteiger partial charge in [0.1, 0.15) is 0 Å². The summed E-state index contributed by atoms with van der Waals surface area (Å²) in [7, 11) is 0. The highest BCUT2D eigenvalue weighted by Crippen LogP contribution is 2.18. The molecule has 0 aliphatic carbocycles. The van der Waals surface area contributed by atoms with Gasteiger partial charge in [-0.1, -0.05) is 306 Å². The summed E-state index contributed by atoms with van der Waals surface area (Å²) in [5.74, 6) is -0.0305. The van der Waals surface area contributed by atoms with Crippen molar-refractivity contribution in [3.05, 3.63) is 48.6 Å². The number of aliphatic hydroxyl groups excluding tert-OH is 2. The van der Waals surface area contributed by atoms with Gasteiger partial charge in [-0.2, -0.15) is 0 Å². The molecule has 2 unspecified atom stereocenters. The Morgan fingerprint density at radius 2 is 0.658 bits per heavy atom. The smallest absolute Gasteiger partial charge is 0.305 e. The van der Waals surface area contributed by atoms with E-state index in [4.69, 9.17) is 4.74 Å². The van der Waals surface area contributed by atoms with E-state index in [2.05, 4.69) is 67.8 Å². The van der Waals surface area contributed by atoms with Gasteiger partial charge in [0.15, 0.2) is 0 Å². The van der Waals surface area contributed by atoms with Crippen LogP contribution < -0.4 is 5.32 Å². The van der Waals surface area contributed by atoms with Gasteiger partial charge in [0.05, 0.1) is 25.4 Å². The molecule has 0 aromatic rings. The Balaban J connectivity index is 3.40. The molecular formula is C70H131NO5. The van der Waals surface area contributed by atoms with Gasteiger partial charge in [-0.05, 0) is 89.9 Å².